The minimum Gasteiger partial charge on any atom is -0.356 e. The fourth-order valence-corrected chi connectivity index (χ4v) is 2.28. The molecule has 1 unspecified atom stereocenters. The van der Waals surface area contributed by atoms with Crippen LogP contribution in [0.25, 0.3) is 0 Å². The van der Waals surface area contributed by atoms with E-state index < -0.39 is 0 Å². The molecular weight excluding hydrogens is 236 g/mol. The summed E-state index contributed by atoms with van der Waals surface area (Å²) in [4.78, 5) is 11.7. The van der Waals surface area contributed by atoms with Gasteiger partial charge in [0.1, 0.15) is 0 Å². The van der Waals surface area contributed by atoms with Crippen LogP contribution in [-0.4, -0.2) is 19.0 Å². The summed E-state index contributed by atoms with van der Waals surface area (Å²) in [5, 5.41) is 3.04. The van der Waals surface area contributed by atoms with Gasteiger partial charge >= 0.3 is 0 Å². The van der Waals surface area contributed by atoms with Gasteiger partial charge in [-0.2, -0.15) is 0 Å². The second-order valence-corrected chi connectivity index (χ2v) is 5.53. The summed E-state index contributed by atoms with van der Waals surface area (Å²) in [5.74, 6) is 0.757. The summed E-state index contributed by atoms with van der Waals surface area (Å²) in [6.45, 7) is 5.90. The van der Waals surface area contributed by atoms with E-state index >= 15 is 0 Å². The number of unbranched alkanes of at least 4 members (excludes halogenated alkanes) is 6. The van der Waals surface area contributed by atoms with Gasteiger partial charge in [-0.1, -0.05) is 58.8 Å². The Hall–Kier alpha value is -0.570. The predicted molar refractivity (Wildman–Crippen MR) is 83.1 cm³/mol. The number of carbonyl (C=O) groups excluding carboxylic acids is 1. The lowest BCUT2D eigenvalue weighted by molar-refractivity contribution is -0.121. The van der Waals surface area contributed by atoms with Crippen LogP contribution >= 0.6 is 0 Å². The monoisotopic (exact) mass is 270 g/mol. The molecule has 3 N–H and O–H groups in total. The first-order valence-electron chi connectivity index (χ1n) is 8.21. The molecule has 0 aromatic rings. The maximum atomic E-state index is 11.7. The van der Waals surface area contributed by atoms with E-state index in [1.807, 2.05) is 0 Å². The van der Waals surface area contributed by atoms with Crippen LogP contribution in [0.15, 0.2) is 0 Å². The number of carbonyl (C=O) groups is 1. The van der Waals surface area contributed by atoms with Crippen molar-refractivity contribution in [3.05, 3.63) is 0 Å². The van der Waals surface area contributed by atoms with Crippen molar-refractivity contribution < 1.29 is 4.79 Å². The van der Waals surface area contributed by atoms with Crippen LogP contribution in [-0.2, 0) is 4.79 Å². The zero-order valence-corrected chi connectivity index (χ0v) is 13.0. The van der Waals surface area contributed by atoms with E-state index in [1.54, 1.807) is 0 Å². The van der Waals surface area contributed by atoms with Crippen molar-refractivity contribution in [3.63, 3.8) is 0 Å². The second-order valence-electron chi connectivity index (χ2n) is 5.53. The molecule has 0 aliphatic heterocycles. The molecule has 0 heterocycles. The predicted octanol–water partition coefficient (Wildman–Crippen LogP) is 3.62. The molecule has 0 saturated carbocycles. The highest BCUT2D eigenvalue weighted by Crippen LogP contribution is 2.09. The van der Waals surface area contributed by atoms with E-state index in [0.29, 0.717) is 18.9 Å². The topological polar surface area (TPSA) is 55.1 Å². The zero-order chi connectivity index (χ0) is 14.3. The lowest BCUT2D eigenvalue weighted by Crippen LogP contribution is -2.29. The summed E-state index contributed by atoms with van der Waals surface area (Å²) in [7, 11) is 0. The molecule has 1 atom stereocenters. The SMILES string of the molecule is CCCCCCCCCC(=O)NCC(CC)CCN. The molecule has 1 amide bonds. The van der Waals surface area contributed by atoms with Gasteiger partial charge in [-0.15, -0.1) is 0 Å². The van der Waals surface area contributed by atoms with Crippen molar-refractivity contribution >= 4 is 5.91 Å². The van der Waals surface area contributed by atoms with E-state index in [4.69, 9.17) is 5.73 Å². The third-order valence-corrected chi connectivity index (χ3v) is 3.75. The molecule has 0 aromatic heterocycles. The van der Waals surface area contributed by atoms with Gasteiger partial charge in [-0.25, -0.2) is 0 Å². The molecule has 3 nitrogen and oxygen atoms in total. The molecule has 0 bridgehead atoms. The van der Waals surface area contributed by atoms with E-state index in [0.717, 1.165) is 25.8 Å². The molecule has 3 heteroatoms. The molecule has 0 radical (unpaired) electrons. The Morgan fingerprint density at radius 2 is 1.68 bits per heavy atom. The van der Waals surface area contributed by atoms with Gasteiger partial charge in [-0.3, -0.25) is 4.79 Å². The molecule has 0 aromatic carbocycles. The van der Waals surface area contributed by atoms with Crippen molar-refractivity contribution in [2.75, 3.05) is 13.1 Å². The third kappa shape index (κ3) is 12.2. The second kappa shape index (κ2) is 13.9. The van der Waals surface area contributed by atoms with Gasteiger partial charge < -0.3 is 11.1 Å². The first kappa shape index (κ1) is 18.4. The van der Waals surface area contributed by atoms with Crippen LogP contribution < -0.4 is 11.1 Å². The number of nitrogens with one attached hydrogen (secondary N) is 1. The highest BCUT2D eigenvalue weighted by atomic mass is 16.1. The fourth-order valence-electron chi connectivity index (χ4n) is 2.28. The van der Waals surface area contributed by atoms with Crippen LogP contribution in [0.4, 0.5) is 0 Å². The Labute approximate surface area is 119 Å². The largest absolute Gasteiger partial charge is 0.356 e. The minimum atomic E-state index is 0.212. The van der Waals surface area contributed by atoms with E-state index in [2.05, 4.69) is 19.2 Å². The van der Waals surface area contributed by atoms with Gasteiger partial charge in [0.2, 0.25) is 5.91 Å². The first-order valence-corrected chi connectivity index (χ1v) is 8.21. The van der Waals surface area contributed by atoms with Crippen LogP contribution in [0.5, 0.6) is 0 Å². The lowest BCUT2D eigenvalue weighted by atomic mass is 10.0. The average molecular weight is 270 g/mol. The summed E-state index contributed by atoms with van der Waals surface area (Å²) < 4.78 is 0. The van der Waals surface area contributed by atoms with E-state index in [1.165, 1.54) is 38.5 Å². The molecular formula is C16H34N2O. The smallest absolute Gasteiger partial charge is 0.220 e. The van der Waals surface area contributed by atoms with Gasteiger partial charge in [0.15, 0.2) is 0 Å². The normalized spacial score (nSPS) is 12.4. The molecule has 0 aliphatic rings. The summed E-state index contributed by atoms with van der Waals surface area (Å²) in [6, 6.07) is 0. The van der Waals surface area contributed by atoms with E-state index in [-0.39, 0.29) is 5.91 Å². The highest BCUT2D eigenvalue weighted by molar-refractivity contribution is 5.75. The Morgan fingerprint density at radius 3 is 2.26 bits per heavy atom. The van der Waals surface area contributed by atoms with Gasteiger partial charge in [0, 0.05) is 13.0 Å². The quantitative estimate of drug-likeness (QED) is 0.502. The minimum absolute atomic E-state index is 0.212. The number of amides is 1. The van der Waals surface area contributed by atoms with Crippen LogP contribution in [0.3, 0.4) is 0 Å². The van der Waals surface area contributed by atoms with Gasteiger partial charge in [0.25, 0.3) is 0 Å². The van der Waals surface area contributed by atoms with Crippen molar-refractivity contribution in [3.8, 4) is 0 Å². The summed E-state index contributed by atoms with van der Waals surface area (Å²) >= 11 is 0. The standard InChI is InChI=1S/C16H34N2O/c1-3-5-6-7-8-9-10-11-16(19)18-14-15(4-2)12-13-17/h15H,3-14,17H2,1-2H3,(H,18,19). The fraction of sp³-hybridized carbons (Fsp3) is 0.938. The summed E-state index contributed by atoms with van der Waals surface area (Å²) in [6.07, 6.45) is 11.6. The molecule has 114 valence electrons. The van der Waals surface area contributed by atoms with Gasteiger partial charge in [-0.05, 0) is 25.3 Å². The lowest BCUT2D eigenvalue weighted by Gasteiger charge is -2.14. The molecule has 0 rings (SSSR count). The first-order chi connectivity index (χ1) is 9.24. The highest BCUT2D eigenvalue weighted by Gasteiger charge is 2.07. The molecule has 0 spiro atoms. The average Bonchev–Trinajstić information content (AvgIpc) is 2.42. The van der Waals surface area contributed by atoms with Crippen molar-refractivity contribution in [2.45, 2.75) is 78.1 Å². The molecule has 0 saturated heterocycles. The molecule has 0 aliphatic carbocycles. The Balaban J connectivity index is 3.38. The van der Waals surface area contributed by atoms with E-state index in [9.17, 15) is 4.79 Å². The summed E-state index contributed by atoms with van der Waals surface area (Å²) in [5.41, 5.74) is 5.55. The number of hydrogen-bond acceptors (Lipinski definition) is 2. The Bertz CT molecular complexity index is 207. The number of rotatable bonds is 13. The number of nitrogens with two attached hydrogens (primary N) is 1. The Morgan fingerprint density at radius 1 is 1.05 bits per heavy atom. The maximum Gasteiger partial charge on any atom is 0.220 e. The zero-order valence-electron chi connectivity index (χ0n) is 13.0. The van der Waals surface area contributed by atoms with Crippen LogP contribution in [0.1, 0.15) is 78.1 Å². The number of hydrogen-bond donors (Lipinski definition) is 2. The molecule has 0 fully saturated rings. The van der Waals surface area contributed by atoms with Gasteiger partial charge in [0.05, 0.1) is 0 Å². The maximum absolute atomic E-state index is 11.7. The van der Waals surface area contributed by atoms with Crippen molar-refractivity contribution in [1.82, 2.24) is 5.32 Å². The van der Waals surface area contributed by atoms with Crippen molar-refractivity contribution in [1.29, 1.82) is 0 Å². The van der Waals surface area contributed by atoms with Crippen LogP contribution in [0, 0.1) is 5.92 Å². The Kier molecular flexibility index (Phi) is 13.4. The van der Waals surface area contributed by atoms with Crippen LogP contribution in [0.2, 0.25) is 0 Å². The molecule has 19 heavy (non-hydrogen) atoms. The van der Waals surface area contributed by atoms with Crippen molar-refractivity contribution in [2.24, 2.45) is 11.7 Å². The third-order valence-electron chi connectivity index (χ3n) is 3.75.